The molecule has 0 fully saturated rings. The maximum atomic E-state index is 10.2. The minimum atomic E-state index is -2.08. The van der Waals surface area contributed by atoms with Crippen molar-refractivity contribution < 1.29 is 34.6 Å². The molecule has 0 aromatic heterocycles. The van der Waals surface area contributed by atoms with Crippen molar-refractivity contribution in [1.82, 2.24) is 0 Å². The Morgan fingerprint density at radius 1 is 0.632 bits per heavy atom. The average Bonchev–Trinajstić information content (AvgIpc) is 2.41. The zero-order valence-corrected chi connectivity index (χ0v) is 12.1. The molecule has 0 aliphatic heterocycles. The number of hydrogen-bond donors (Lipinski definition) is 0. The summed E-state index contributed by atoms with van der Waals surface area (Å²) in [6, 6.07) is 16.5. The van der Waals surface area contributed by atoms with Crippen LogP contribution >= 0.6 is 0 Å². The molecule has 1 radical (unpaired) electrons. The molecule has 19 heavy (non-hydrogen) atoms. The van der Waals surface area contributed by atoms with Crippen LogP contribution < -0.4 is 0 Å². The normalized spacial score (nSPS) is 12.3. The van der Waals surface area contributed by atoms with E-state index in [-0.39, 0.29) is 17.1 Å². The fourth-order valence-electron chi connectivity index (χ4n) is 1.06. The minimum absolute atomic E-state index is 0. The van der Waals surface area contributed by atoms with Crippen LogP contribution in [0.25, 0.3) is 0 Å². The van der Waals surface area contributed by atoms with Gasteiger partial charge >= 0.3 is 17.1 Å². The summed E-state index contributed by atoms with van der Waals surface area (Å²) >= 11 is -4.16. The second-order valence-corrected chi connectivity index (χ2v) is 4.98. The summed E-state index contributed by atoms with van der Waals surface area (Å²) in [6.07, 6.45) is 0. The fraction of sp³-hybridized carbons (Fsp3) is 0. The van der Waals surface area contributed by atoms with Crippen LogP contribution in [-0.2, 0) is 39.2 Å². The number of benzene rings is 2. The van der Waals surface area contributed by atoms with Crippen molar-refractivity contribution in [2.75, 3.05) is 0 Å². The summed E-state index contributed by atoms with van der Waals surface area (Å²) in [5.41, 5.74) is 0. The Kier molecular flexibility index (Phi) is 9.59. The predicted molar refractivity (Wildman–Crippen MR) is 67.3 cm³/mol. The molecule has 2 atom stereocenters. The summed E-state index contributed by atoms with van der Waals surface area (Å²) in [5, 5.41) is 0. The first kappa shape index (κ1) is 18.2. The van der Waals surface area contributed by atoms with E-state index in [9.17, 15) is 17.5 Å². The monoisotopic (exact) mass is 345 g/mol. The Morgan fingerprint density at radius 2 is 0.895 bits per heavy atom. The first-order valence-electron chi connectivity index (χ1n) is 4.90. The fourth-order valence-corrected chi connectivity index (χ4v) is 1.82. The second-order valence-electron chi connectivity index (χ2n) is 3.10. The van der Waals surface area contributed by atoms with Gasteiger partial charge in [-0.1, -0.05) is 36.4 Å². The molecule has 7 heteroatoms. The Hall–Kier alpha value is -0.821. The van der Waals surface area contributed by atoms with Crippen LogP contribution in [0.2, 0.25) is 0 Å². The molecule has 2 aromatic carbocycles. The Morgan fingerprint density at radius 3 is 1.05 bits per heavy atom. The van der Waals surface area contributed by atoms with Gasteiger partial charge in [-0.25, -0.2) is 0 Å². The van der Waals surface area contributed by atoms with Crippen LogP contribution in [0.4, 0.5) is 0 Å². The summed E-state index contributed by atoms with van der Waals surface area (Å²) < 4.78 is 40.8. The van der Waals surface area contributed by atoms with Gasteiger partial charge < -0.3 is 9.11 Å². The van der Waals surface area contributed by atoms with E-state index in [0.717, 1.165) is 0 Å². The summed E-state index contributed by atoms with van der Waals surface area (Å²) in [5.74, 6) is 0. The molecule has 2 rings (SSSR count). The molecule has 2 unspecified atom stereocenters. The van der Waals surface area contributed by atoms with Gasteiger partial charge in [-0.3, -0.25) is 8.42 Å². The first-order valence-corrected chi connectivity index (χ1v) is 7.05. The molecule has 0 spiro atoms. The molecule has 0 heterocycles. The van der Waals surface area contributed by atoms with Crippen LogP contribution in [0.3, 0.4) is 0 Å². The molecule has 0 bridgehead atoms. The van der Waals surface area contributed by atoms with Crippen molar-refractivity contribution in [2.24, 2.45) is 0 Å². The Labute approximate surface area is 127 Å². The van der Waals surface area contributed by atoms with E-state index in [4.69, 9.17) is 0 Å². The van der Waals surface area contributed by atoms with Gasteiger partial charge in [-0.05, 0) is 46.4 Å². The summed E-state index contributed by atoms with van der Waals surface area (Å²) in [4.78, 5) is 0.662. The van der Waals surface area contributed by atoms with Gasteiger partial charge in [0.05, 0.1) is 0 Å². The van der Waals surface area contributed by atoms with Crippen LogP contribution in [0.5, 0.6) is 0 Å². The molecule has 0 N–H and O–H groups in total. The zero-order chi connectivity index (χ0) is 13.4. The van der Waals surface area contributed by atoms with Gasteiger partial charge in [0.15, 0.2) is 0 Å². The molecule has 4 nitrogen and oxygen atoms in total. The van der Waals surface area contributed by atoms with Crippen molar-refractivity contribution in [3.05, 3.63) is 60.7 Å². The maximum Gasteiger partial charge on any atom is 2.00 e. The maximum absolute atomic E-state index is 10.2. The molecule has 0 amide bonds. The summed E-state index contributed by atoms with van der Waals surface area (Å²) in [6.45, 7) is 0. The van der Waals surface area contributed by atoms with E-state index in [2.05, 4.69) is 0 Å². The van der Waals surface area contributed by atoms with Crippen molar-refractivity contribution >= 4 is 22.2 Å². The SMILES string of the molecule is O=S([O-])c1ccccc1.O=S([O-])c1ccccc1.[Cu+2]. The van der Waals surface area contributed by atoms with Gasteiger partial charge in [-0.15, -0.1) is 0 Å². The van der Waals surface area contributed by atoms with Gasteiger partial charge in [0, 0.05) is 9.79 Å². The summed E-state index contributed by atoms with van der Waals surface area (Å²) in [7, 11) is 0. The number of rotatable bonds is 2. The molecule has 0 saturated carbocycles. The average molecular weight is 346 g/mol. The van der Waals surface area contributed by atoms with Crippen LogP contribution in [-0.4, -0.2) is 17.5 Å². The van der Waals surface area contributed by atoms with Gasteiger partial charge in [0.1, 0.15) is 0 Å². The third-order valence-corrected chi connectivity index (χ3v) is 3.19. The van der Waals surface area contributed by atoms with Crippen molar-refractivity contribution in [1.29, 1.82) is 0 Å². The topological polar surface area (TPSA) is 80.3 Å². The third-order valence-electron chi connectivity index (χ3n) is 1.87. The second kappa shape index (κ2) is 10.0. The molecule has 0 aliphatic rings. The molecule has 105 valence electrons. The van der Waals surface area contributed by atoms with E-state index in [1.807, 2.05) is 0 Å². The number of hydrogen-bond acceptors (Lipinski definition) is 4. The van der Waals surface area contributed by atoms with Crippen LogP contribution in [0.1, 0.15) is 0 Å². The molecule has 0 aliphatic carbocycles. The van der Waals surface area contributed by atoms with E-state index < -0.39 is 22.2 Å². The molecular formula is C12H10CuO4S2. The van der Waals surface area contributed by atoms with Crippen molar-refractivity contribution in [3.63, 3.8) is 0 Å². The van der Waals surface area contributed by atoms with Crippen LogP contribution in [0, 0.1) is 0 Å². The zero-order valence-electron chi connectivity index (χ0n) is 9.52. The van der Waals surface area contributed by atoms with E-state index >= 15 is 0 Å². The predicted octanol–water partition coefficient (Wildman–Crippen LogP) is 1.85. The van der Waals surface area contributed by atoms with Gasteiger partial charge in [0.25, 0.3) is 0 Å². The first-order chi connectivity index (χ1) is 8.61. The van der Waals surface area contributed by atoms with Crippen molar-refractivity contribution in [3.8, 4) is 0 Å². The quantitative estimate of drug-likeness (QED) is 0.614. The third kappa shape index (κ3) is 7.37. The smallest absolute Gasteiger partial charge is 0.768 e. The van der Waals surface area contributed by atoms with E-state index in [1.54, 1.807) is 60.7 Å². The van der Waals surface area contributed by atoms with E-state index in [0.29, 0.717) is 9.79 Å². The Balaban J connectivity index is 0.000000324. The van der Waals surface area contributed by atoms with Crippen LogP contribution in [0.15, 0.2) is 70.5 Å². The molecular weight excluding hydrogens is 336 g/mol. The largest absolute Gasteiger partial charge is 2.00 e. The van der Waals surface area contributed by atoms with E-state index in [1.165, 1.54) is 0 Å². The van der Waals surface area contributed by atoms with Crippen molar-refractivity contribution in [2.45, 2.75) is 9.79 Å². The van der Waals surface area contributed by atoms with Gasteiger partial charge in [-0.2, -0.15) is 0 Å². The Bertz CT molecular complexity index is 470. The standard InChI is InChI=1S/2C6H6O2S.Cu/c2*7-9(8)6-4-2-1-3-5-6;/h2*1-5H,(H,7,8);/q;;+2/p-2. The minimum Gasteiger partial charge on any atom is -0.768 e. The molecule has 0 saturated heterocycles. The van der Waals surface area contributed by atoms with Gasteiger partial charge in [0.2, 0.25) is 0 Å². The molecule has 2 aromatic rings.